The minimum Gasteiger partial charge on any atom is -0.346 e. The Labute approximate surface area is 156 Å². The van der Waals surface area contributed by atoms with E-state index in [9.17, 15) is 0 Å². The molecule has 2 aromatic rings. The molecule has 1 saturated carbocycles. The average molecular weight is 336 g/mol. The number of aryl methyl sites for hydroxylation is 1. The maximum absolute atomic E-state index is 8.44. The molecule has 25 heavy (non-hydrogen) atoms. The summed E-state index contributed by atoms with van der Waals surface area (Å²) in [7, 11) is 0. The first-order valence-corrected chi connectivity index (χ1v) is 9.29. The maximum atomic E-state index is 8.44. The Balaban J connectivity index is 1.93. The maximum Gasteiger partial charge on any atom is 0.104 e. The summed E-state index contributed by atoms with van der Waals surface area (Å²) in [6.45, 7) is 2.00. The molecular formula is C23H28N2. The van der Waals surface area contributed by atoms with E-state index < -0.39 is 13.0 Å². The number of para-hydroxylation sites is 1. The Hall–Kier alpha value is -2.22. The zero-order chi connectivity index (χ0) is 19.9. The van der Waals surface area contributed by atoms with Crippen molar-refractivity contribution in [2.24, 2.45) is 0 Å². The van der Waals surface area contributed by atoms with Crippen molar-refractivity contribution >= 4 is 11.4 Å². The van der Waals surface area contributed by atoms with E-state index in [2.05, 4.69) is 41.8 Å². The lowest BCUT2D eigenvalue weighted by Crippen LogP contribution is -2.42. The van der Waals surface area contributed by atoms with Crippen molar-refractivity contribution in [2.45, 2.75) is 58.6 Å². The summed E-state index contributed by atoms with van der Waals surface area (Å²) in [6, 6.07) is 18.6. The van der Waals surface area contributed by atoms with Gasteiger partial charge in [0.2, 0.25) is 0 Å². The summed E-state index contributed by atoms with van der Waals surface area (Å²) in [5.41, 5.74) is 5.26. The van der Waals surface area contributed by atoms with E-state index in [4.69, 9.17) is 4.11 Å². The minimum atomic E-state index is -2.12. The molecule has 0 radical (unpaired) electrons. The fraction of sp³-hybridized carbons (Fsp3) is 0.391. The highest BCUT2D eigenvalue weighted by Crippen LogP contribution is 2.43. The topological polar surface area (TPSA) is 6.48 Å². The first-order chi connectivity index (χ1) is 13.4. The van der Waals surface area contributed by atoms with Crippen molar-refractivity contribution in [1.29, 1.82) is 0 Å². The Morgan fingerprint density at radius 2 is 1.60 bits per heavy atom. The first-order valence-electron chi connectivity index (χ1n) is 10.8. The van der Waals surface area contributed by atoms with E-state index in [1.165, 1.54) is 12.8 Å². The molecule has 1 unspecified atom stereocenters. The molecule has 0 saturated heterocycles. The summed E-state index contributed by atoms with van der Waals surface area (Å²) in [4.78, 5) is 4.28. The Bertz CT molecular complexity index is 867. The third-order valence-electron chi connectivity index (χ3n) is 5.61. The molecule has 2 heteroatoms. The summed E-state index contributed by atoms with van der Waals surface area (Å²) in [5, 5.41) is 0. The molecule has 4 rings (SSSR count). The van der Waals surface area contributed by atoms with Crippen LogP contribution in [-0.2, 0) is 0 Å². The zero-order valence-corrected chi connectivity index (χ0v) is 15.1. The van der Waals surface area contributed by atoms with Crippen LogP contribution in [0.1, 0.15) is 54.7 Å². The second kappa shape index (κ2) is 6.59. The molecule has 0 bridgehead atoms. The molecule has 130 valence electrons. The van der Waals surface area contributed by atoms with Crippen LogP contribution in [0.5, 0.6) is 0 Å². The van der Waals surface area contributed by atoms with Crippen LogP contribution in [0, 0.1) is 6.92 Å². The van der Waals surface area contributed by atoms with Crippen molar-refractivity contribution in [3.63, 3.8) is 0 Å². The first kappa shape index (κ1) is 13.0. The average Bonchev–Trinajstić information content (AvgIpc) is 3.28. The molecule has 0 aromatic heterocycles. The summed E-state index contributed by atoms with van der Waals surface area (Å²) in [5.74, 6) is 0. The van der Waals surface area contributed by atoms with Crippen LogP contribution in [0.3, 0.4) is 0 Å². The molecule has 0 spiro atoms. The summed E-state index contributed by atoms with van der Waals surface area (Å²) >= 11 is 0. The second-order valence-electron chi connectivity index (χ2n) is 7.18. The largest absolute Gasteiger partial charge is 0.346 e. The lowest BCUT2D eigenvalue weighted by atomic mass is 10.1. The van der Waals surface area contributed by atoms with Crippen LogP contribution in [0.15, 0.2) is 60.3 Å². The standard InChI is InChI=1S/C23H28N2/c1-17-11-7-10-16-22(17)24-18(2)23(20-12-5-4-6-13-20)25(19(24)3)21-14-8-9-15-21/h4-7,10-13,16,19,21H,8-9,14-15H2,1-3H3/i3D3. The third-order valence-corrected chi connectivity index (χ3v) is 5.61. The van der Waals surface area contributed by atoms with Crippen molar-refractivity contribution in [1.82, 2.24) is 4.90 Å². The molecule has 1 heterocycles. The molecule has 2 nitrogen and oxygen atoms in total. The van der Waals surface area contributed by atoms with Crippen molar-refractivity contribution in [3.05, 3.63) is 71.4 Å². The number of hydrogen-bond acceptors (Lipinski definition) is 2. The fourth-order valence-electron chi connectivity index (χ4n) is 4.40. The molecule has 2 aliphatic rings. The number of rotatable bonds is 3. The fourth-order valence-corrected chi connectivity index (χ4v) is 4.40. The SMILES string of the molecule is [2H]C([2H])([2H])C1N(c2ccccc2C)C(C)=C(c2ccccc2)N1C1CCCC1. The molecule has 1 atom stereocenters. The minimum absolute atomic E-state index is 0.268. The van der Waals surface area contributed by atoms with Gasteiger partial charge in [-0.2, -0.15) is 0 Å². The third kappa shape index (κ3) is 2.74. The molecule has 1 aliphatic heterocycles. The molecule has 0 N–H and O–H groups in total. The van der Waals surface area contributed by atoms with Gasteiger partial charge in [0.1, 0.15) is 6.17 Å². The zero-order valence-electron chi connectivity index (χ0n) is 18.1. The number of hydrogen-bond donors (Lipinski definition) is 0. The van der Waals surface area contributed by atoms with Crippen LogP contribution < -0.4 is 4.90 Å². The van der Waals surface area contributed by atoms with Gasteiger partial charge in [0.05, 0.1) is 5.70 Å². The lowest BCUT2D eigenvalue weighted by molar-refractivity contribution is 0.251. The van der Waals surface area contributed by atoms with E-state index in [0.29, 0.717) is 0 Å². The van der Waals surface area contributed by atoms with Gasteiger partial charge in [-0.15, -0.1) is 0 Å². The Morgan fingerprint density at radius 1 is 0.920 bits per heavy atom. The predicted octanol–water partition coefficient (Wildman–Crippen LogP) is 5.79. The molecule has 1 fully saturated rings. The highest BCUT2D eigenvalue weighted by molar-refractivity contribution is 5.77. The molecule has 0 amide bonds. The van der Waals surface area contributed by atoms with Gasteiger partial charge in [0.15, 0.2) is 0 Å². The van der Waals surface area contributed by atoms with Gasteiger partial charge in [-0.1, -0.05) is 61.4 Å². The quantitative estimate of drug-likeness (QED) is 0.700. The van der Waals surface area contributed by atoms with Crippen molar-refractivity contribution in [2.75, 3.05) is 4.90 Å². The van der Waals surface area contributed by atoms with Crippen LogP contribution in [0.4, 0.5) is 5.69 Å². The highest BCUT2D eigenvalue weighted by atomic mass is 15.4. The van der Waals surface area contributed by atoms with Gasteiger partial charge in [0, 0.05) is 21.5 Å². The number of anilines is 1. The van der Waals surface area contributed by atoms with Crippen LogP contribution in [0.25, 0.3) is 5.70 Å². The Kier molecular flexibility index (Phi) is 3.44. The monoisotopic (exact) mass is 335 g/mol. The van der Waals surface area contributed by atoms with Crippen molar-refractivity contribution < 1.29 is 4.11 Å². The van der Waals surface area contributed by atoms with E-state index >= 15 is 0 Å². The normalized spacial score (nSPS) is 23.8. The summed E-state index contributed by atoms with van der Waals surface area (Å²) < 4.78 is 25.3. The van der Waals surface area contributed by atoms with Gasteiger partial charge in [0.25, 0.3) is 0 Å². The molecule has 2 aromatic carbocycles. The van der Waals surface area contributed by atoms with Gasteiger partial charge in [-0.05, 0) is 50.7 Å². The number of allylic oxidation sites excluding steroid dienone is 1. The Morgan fingerprint density at radius 3 is 2.28 bits per heavy atom. The van der Waals surface area contributed by atoms with E-state index in [1.807, 2.05) is 36.4 Å². The van der Waals surface area contributed by atoms with Crippen LogP contribution >= 0.6 is 0 Å². The van der Waals surface area contributed by atoms with E-state index in [0.717, 1.165) is 41.1 Å². The van der Waals surface area contributed by atoms with Gasteiger partial charge in [-0.25, -0.2) is 0 Å². The number of benzene rings is 2. The van der Waals surface area contributed by atoms with Gasteiger partial charge < -0.3 is 9.80 Å². The van der Waals surface area contributed by atoms with Gasteiger partial charge >= 0.3 is 0 Å². The van der Waals surface area contributed by atoms with Crippen molar-refractivity contribution in [3.8, 4) is 0 Å². The van der Waals surface area contributed by atoms with E-state index in [-0.39, 0.29) is 6.04 Å². The smallest absolute Gasteiger partial charge is 0.104 e. The highest BCUT2D eigenvalue weighted by Gasteiger charge is 2.39. The lowest BCUT2D eigenvalue weighted by Gasteiger charge is -2.37. The van der Waals surface area contributed by atoms with E-state index in [1.54, 1.807) is 0 Å². The number of nitrogens with zero attached hydrogens (tertiary/aromatic N) is 2. The van der Waals surface area contributed by atoms with Crippen LogP contribution in [0.2, 0.25) is 0 Å². The second-order valence-corrected chi connectivity index (χ2v) is 7.18. The molecule has 1 aliphatic carbocycles. The van der Waals surface area contributed by atoms with Crippen LogP contribution in [-0.4, -0.2) is 17.1 Å². The predicted molar refractivity (Wildman–Crippen MR) is 106 cm³/mol. The summed E-state index contributed by atoms with van der Waals surface area (Å²) in [6.07, 6.45) is 3.77. The van der Waals surface area contributed by atoms with Gasteiger partial charge in [-0.3, -0.25) is 0 Å². The molecular weight excluding hydrogens is 304 g/mol.